The van der Waals surface area contributed by atoms with Crippen LogP contribution in [-0.4, -0.2) is 27.2 Å². The van der Waals surface area contributed by atoms with Crippen molar-refractivity contribution in [3.63, 3.8) is 0 Å². The van der Waals surface area contributed by atoms with E-state index in [0.717, 1.165) is 24.2 Å². The van der Waals surface area contributed by atoms with E-state index in [2.05, 4.69) is 15.5 Å². The number of nitrogens with zero attached hydrogens (tertiary/aromatic N) is 3. The Labute approximate surface area is 161 Å². The van der Waals surface area contributed by atoms with Crippen LogP contribution in [-0.2, 0) is 6.54 Å². The summed E-state index contributed by atoms with van der Waals surface area (Å²) in [7, 11) is 0. The number of hydrogen-bond donors (Lipinski definition) is 1. The maximum Gasteiger partial charge on any atom is 0.254 e. The molecule has 1 fully saturated rings. The first-order valence-electron chi connectivity index (χ1n) is 8.83. The number of aromatic nitrogens is 3. The van der Waals surface area contributed by atoms with Gasteiger partial charge in [0.1, 0.15) is 18.0 Å². The van der Waals surface area contributed by atoms with Crippen LogP contribution in [0.1, 0.15) is 34.9 Å². The highest BCUT2D eigenvalue weighted by Gasteiger charge is 2.28. The molecule has 0 atom stereocenters. The zero-order valence-electron chi connectivity index (χ0n) is 14.5. The molecule has 27 heavy (non-hydrogen) atoms. The van der Waals surface area contributed by atoms with Crippen molar-refractivity contribution in [1.29, 1.82) is 0 Å². The Hall–Kier alpha value is -2.73. The summed E-state index contributed by atoms with van der Waals surface area (Å²) >= 11 is 5.88. The fourth-order valence-electron chi connectivity index (χ4n) is 3.00. The Morgan fingerprint density at radius 3 is 2.63 bits per heavy atom. The van der Waals surface area contributed by atoms with Crippen LogP contribution in [0.15, 0.2) is 48.8 Å². The van der Waals surface area contributed by atoms with E-state index in [1.165, 1.54) is 12.1 Å². The third kappa shape index (κ3) is 4.01. The van der Waals surface area contributed by atoms with Crippen LogP contribution in [0.4, 0.5) is 4.39 Å². The standard InChI is InChI=1S/C20H18ClFN4O/c21-16-6-3-13(4-7-16)15-5-8-17(18(22)11-15)20(27)23-9-10-26-12-24-25-19(26)14-1-2-14/h3-8,11-12,14H,1-2,9-10H2,(H,23,27). The molecular formula is C20H18ClFN4O. The minimum absolute atomic E-state index is 0.0267. The van der Waals surface area contributed by atoms with Gasteiger partial charge in [-0.15, -0.1) is 10.2 Å². The predicted octanol–water partition coefficient (Wildman–Crippen LogP) is 4.05. The monoisotopic (exact) mass is 384 g/mol. The summed E-state index contributed by atoms with van der Waals surface area (Å²) in [4.78, 5) is 12.3. The van der Waals surface area contributed by atoms with E-state index < -0.39 is 11.7 Å². The molecule has 7 heteroatoms. The van der Waals surface area contributed by atoms with Gasteiger partial charge in [-0.1, -0.05) is 29.8 Å². The van der Waals surface area contributed by atoms with E-state index in [1.54, 1.807) is 24.5 Å². The third-order valence-electron chi connectivity index (χ3n) is 4.62. The zero-order chi connectivity index (χ0) is 18.8. The van der Waals surface area contributed by atoms with Crippen LogP contribution < -0.4 is 5.32 Å². The van der Waals surface area contributed by atoms with Crippen molar-refractivity contribution in [2.24, 2.45) is 0 Å². The number of halogens is 2. The molecule has 1 saturated carbocycles. The first kappa shape index (κ1) is 17.7. The summed E-state index contributed by atoms with van der Waals surface area (Å²) < 4.78 is 16.4. The molecule has 3 aromatic rings. The van der Waals surface area contributed by atoms with Gasteiger partial charge in [0.2, 0.25) is 0 Å². The molecule has 4 rings (SSSR count). The van der Waals surface area contributed by atoms with Crippen molar-refractivity contribution < 1.29 is 9.18 Å². The number of carbonyl (C=O) groups excluding carboxylic acids is 1. The van der Waals surface area contributed by atoms with Crippen molar-refractivity contribution in [3.8, 4) is 11.1 Å². The van der Waals surface area contributed by atoms with Gasteiger partial charge in [0.05, 0.1) is 5.56 Å². The molecule has 0 radical (unpaired) electrons. The lowest BCUT2D eigenvalue weighted by Gasteiger charge is -2.09. The summed E-state index contributed by atoms with van der Waals surface area (Å²) in [6.45, 7) is 0.948. The van der Waals surface area contributed by atoms with E-state index in [4.69, 9.17) is 11.6 Å². The van der Waals surface area contributed by atoms with E-state index in [-0.39, 0.29) is 5.56 Å². The van der Waals surface area contributed by atoms with Crippen LogP contribution in [0.25, 0.3) is 11.1 Å². The summed E-state index contributed by atoms with van der Waals surface area (Å²) in [5, 5.41) is 11.4. The molecular weight excluding hydrogens is 367 g/mol. The van der Waals surface area contributed by atoms with Gasteiger partial charge in [0.25, 0.3) is 5.91 Å². The second kappa shape index (κ2) is 7.48. The number of benzene rings is 2. The minimum Gasteiger partial charge on any atom is -0.350 e. The predicted molar refractivity (Wildman–Crippen MR) is 101 cm³/mol. The number of rotatable bonds is 6. The average Bonchev–Trinajstić information content (AvgIpc) is 3.41. The first-order chi connectivity index (χ1) is 13.1. The van der Waals surface area contributed by atoms with Crippen molar-refractivity contribution in [3.05, 3.63) is 71.0 Å². The van der Waals surface area contributed by atoms with Crippen molar-refractivity contribution >= 4 is 17.5 Å². The third-order valence-corrected chi connectivity index (χ3v) is 4.87. The molecule has 5 nitrogen and oxygen atoms in total. The minimum atomic E-state index is -0.553. The molecule has 0 aliphatic heterocycles. The largest absolute Gasteiger partial charge is 0.350 e. The smallest absolute Gasteiger partial charge is 0.254 e. The summed E-state index contributed by atoms with van der Waals surface area (Å²) in [6, 6.07) is 11.7. The van der Waals surface area contributed by atoms with E-state index in [9.17, 15) is 9.18 Å². The SMILES string of the molecule is O=C(NCCn1cnnc1C1CC1)c1ccc(-c2ccc(Cl)cc2)cc1F. The summed E-state index contributed by atoms with van der Waals surface area (Å²) in [6.07, 6.45) is 3.94. The fourth-order valence-corrected chi connectivity index (χ4v) is 3.13. The van der Waals surface area contributed by atoms with E-state index >= 15 is 0 Å². The van der Waals surface area contributed by atoms with Crippen LogP contribution in [0, 0.1) is 5.82 Å². The van der Waals surface area contributed by atoms with Crippen molar-refractivity contribution in [2.75, 3.05) is 6.54 Å². The van der Waals surface area contributed by atoms with Gasteiger partial charge in [0, 0.05) is 24.0 Å². The second-order valence-electron chi connectivity index (χ2n) is 6.61. The molecule has 0 bridgehead atoms. The molecule has 0 unspecified atom stereocenters. The molecule has 138 valence electrons. The van der Waals surface area contributed by atoms with Gasteiger partial charge < -0.3 is 9.88 Å². The highest BCUT2D eigenvalue weighted by Crippen LogP contribution is 2.38. The summed E-state index contributed by atoms with van der Waals surface area (Å²) in [5.41, 5.74) is 1.56. The first-order valence-corrected chi connectivity index (χ1v) is 9.21. The number of hydrogen-bond acceptors (Lipinski definition) is 3. The maximum atomic E-state index is 14.4. The van der Waals surface area contributed by atoms with Gasteiger partial charge >= 0.3 is 0 Å². The number of nitrogens with one attached hydrogen (secondary N) is 1. The van der Waals surface area contributed by atoms with Gasteiger partial charge in [-0.2, -0.15) is 0 Å². The Morgan fingerprint density at radius 2 is 1.93 bits per heavy atom. The quantitative estimate of drug-likeness (QED) is 0.697. The molecule has 1 aliphatic rings. The normalized spacial score (nSPS) is 13.6. The molecule has 1 aromatic heterocycles. The van der Waals surface area contributed by atoms with Gasteiger partial charge in [-0.25, -0.2) is 4.39 Å². The lowest BCUT2D eigenvalue weighted by atomic mass is 10.0. The topological polar surface area (TPSA) is 59.8 Å². The molecule has 0 saturated heterocycles. The van der Waals surface area contributed by atoms with Crippen LogP contribution in [0.5, 0.6) is 0 Å². The average molecular weight is 385 g/mol. The second-order valence-corrected chi connectivity index (χ2v) is 7.05. The Morgan fingerprint density at radius 1 is 1.19 bits per heavy atom. The highest BCUT2D eigenvalue weighted by molar-refractivity contribution is 6.30. The van der Waals surface area contributed by atoms with Gasteiger partial charge in [-0.05, 0) is 48.2 Å². The molecule has 1 aliphatic carbocycles. The van der Waals surface area contributed by atoms with Crippen LogP contribution in [0.3, 0.4) is 0 Å². The summed E-state index contributed by atoms with van der Waals surface area (Å²) in [5.74, 6) is 0.461. The number of amides is 1. The lowest BCUT2D eigenvalue weighted by Crippen LogP contribution is -2.28. The maximum absolute atomic E-state index is 14.4. The van der Waals surface area contributed by atoms with E-state index in [0.29, 0.717) is 29.6 Å². The molecule has 2 aromatic carbocycles. The molecule has 1 heterocycles. The Balaban J connectivity index is 1.39. The van der Waals surface area contributed by atoms with Crippen LogP contribution >= 0.6 is 11.6 Å². The Kier molecular flexibility index (Phi) is 4.90. The van der Waals surface area contributed by atoms with Crippen molar-refractivity contribution in [1.82, 2.24) is 20.1 Å². The molecule has 1 amide bonds. The van der Waals surface area contributed by atoms with Crippen molar-refractivity contribution in [2.45, 2.75) is 25.3 Å². The van der Waals surface area contributed by atoms with Gasteiger partial charge in [-0.3, -0.25) is 4.79 Å². The number of carbonyl (C=O) groups is 1. The van der Waals surface area contributed by atoms with E-state index in [1.807, 2.05) is 16.7 Å². The fraction of sp³-hybridized carbons (Fsp3) is 0.250. The Bertz CT molecular complexity index is 966. The highest BCUT2D eigenvalue weighted by atomic mass is 35.5. The molecule has 1 N–H and O–H groups in total. The zero-order valence-corrected chi connectivity index (χ0v) is 15.3. The molecule has 0 spiro atoms. The van der Waals surface area contributed by atoms with Gasteiger partial charge in [0.15, 0.2) is 0 Å². The lowest BCUT2D eigenvalue weighted by molar-refractivity contribution is 0.0948. The van der Waals surface area contributed by atoms with Crippen LogP contribution in [0.2, 0.25) is 5.02 Å².